The summed E-state index contributed by atoms with van der Waals surface area (Å²) in [4.78, 5) is 4.93. The van der Waals surface area contributed by atoms with Gasteiger partial charge in [-0.25, -0.2) is 0 Å². The molecule has 0 aromatic heterocycles. The summed E-state index contributed by atoms with van der Waals surface area (Å²) >= 11 is 0. The van der Waals surface area contributed by atoms with E-state index in [1.165, 1.54) is 38.0 Å². The van der Waals surface area contributed by atoms with E-state index in [0.717, 1.165) is 38.3 Å². The third kappa shape index (κ3) is 4.11. The van der Waals surface area contributed by atoms with Crippen molar-refractivity contribution in [2.24, 2.45) is 0 Å². The third-order valence-corrected chi connectivity index (χ3v) is 4.61. The highest BCUT2D eigenvalue weighted by Crippen LogP contribution is 2.22. The summed E-state index contributed by atoms with van der Waals surface area (Å²) in [7, 11) is 0. The average Bonchev–Trinajstić information content (AvgIpc) is 2.98. The first kappa shape index (κ1) is 14.7. The van der Waals surface area contributed by atoms with Gasteiger partial charge in [-0.05, 0) is 56.6 Å². The van der Waals surface area contributed by atoms with Gasteiger partial charge in [-0.3, -0.25) is 0 Å². The van der Waals surface area contributed by atoms with Crippen LogP contribution in [0.3, 0.4) is 0 Å². The molecule has 1 aromatic carbocycles. The first-order valence-corrected chi connectivity index (χ1v) is 8.26. The van der Waals surface area contributed by atoms with Crippen LogP contribution in [0.5, 0.6) is 0 Å². The lowest BCUT2D eigenvalue weighted by Crippen LogP contribution is -2.34. The first-order chi connectivity index (χ1) is 10.3. The van der Waals surface area contributed by atoms with Crippen molar-refractivity contribution in [3.8, 4) is 0 Å². The molecule has 0 aliphatic carbocycles. The number of rotatable bonds is 5. The van der Waals surface area contributed by atoms with E-state index in [1.54, 1.807) is 0 Å². The average molecular weight is 289 g/mol. The van der Waals surface area contributed by atoms with E-state index in [9.17, 15) is 0 Å². The minimum Gasteiger partial charge on any atom is -0.399 e. The number of piperidine rings is 1. The zero-order valence-electron chi connectivity index (χ0n) is 12.8. The predicted octanol–water partition coefficient (Wildman–Crippen LogP) is 2.35. The SMILES string of the molecule is Nc1ccc(N2CCC(OCCN3CCCCC3)C2)cc1. The molecule has 3 rings (SSSR count). The second-order valence-corrected chi connectivity index (χ2v) is 6.22. The van der Waals surface area contributed by atoms with E-state index >= 15 is 0 Å². The fourth-order valence-corrected chi connectivity index (χ4v) is 3.32. The lowest BCUT2D eigenvalue weighted by atomic mass is 10.1. The predicted molar refractivity (Wildman–Crippen MR) is 87.7 cm³/mol. The summed E-state index contributed by atoms with van der Waals surface area (Å²) in [5, 5.41) is 0. The van der Waals surface area contributed by atoms with Gasteiger partial charge in [0.05, 0.1) is 12.7 Å². The largest absolute Gasteiger partial charge is 0.399 e. The smallest absolute Gasteiger partial charge is 0.0767 e. The third-order valence-electron chi connectivity index (χ3n) is 4.61. The summed E-state index contributed by atoms with van der Waals surface area (Å²) < 4.78 is 6.07. The van der Waals surface area contributed by atoms with Gasteiger partial charge in [0.25, 0.3) is 0 Å². The van der Waals surface area contributed by atoms with Crippen LogP contribution in [0.1, 0.15) is 25.7 Å². The molecule has 0 bridgehead atoms. The summed E-state index contributed by atoms with van der Waals surface area (Å²) in [6.45, 7) is 6.57. The van der Waals surface area contributed by atoms with Crippen LogP contribution in [0.4, 0.5) is 11.4 Å². The molecule has 1 unspecified atom stereocenters. The molecule has 0 spiro atoms. The highest BCUT2D eigenvalue weighted by Gasteiger charge is 2.23. The molecule has 4 heteroatoms. The van der Waals surface area contributed by atoms with Crippen LogP contribution in [0.2, 0.25) is 0 Å². The number of hydrogen-bond acceptors (Lipinski definition) is 4. The van der Waals surface area contributed by atoms with Gasteiger partial charge in [-0.1, -0.05) is 6.42 Å². The van der Waals surface area contributed by atoms with Gasteiger partial charge in [-0.2, -0.15) is 0 Å². The van der Waals surface area contributed by atoms with Gasteiger partial charge in [-0.15, -0.1) is 0 Å². The topological polar surface area (TPSA) is 41.7 Å². The Kier molecular flexibility index (Phi) is 4.99. The quantitative estimate of drug-likeness (QED) is 0.845. The second-order valence-electron chi connectivity index (χ2n) is 6.22. The van der Waals surface area contributed by atoms with Gasteiger partial charge in [0.1, 0.15) is 0 Å². The van der Waals surface area contributed by atoms with Crippen LogP contribution >= 0.6 is 0 Å². The number of nitrogen functional groups attached to an aromatic ring is 1. The zero-order chi connectivity index (χ0) is 14.5. The minimum absolute atomic E-state index is 0.382. The van der Waals surface area contributed by atoms with Crippen LogP contribution < -0.4 is 10.6 Å². The number of ether oxygens (including phenoxy) is 1. The van der Waals surface area contributed by atoms with Crippen molar-refractivity contribution >= 4 is 11.4 Å². The molecule has 21 heavy (non-hydrogen) atoms. The van der Waals surface area contributed by atoms with E-state index in [1.807, 2.05) is 12.1 Å². The standard InChI is InChI=1S/C17H27N3O/c18-15-4-6-16(7-5-15)20-11-8-17(14-20)21-13-12-19-9-2-1-3-10-19/h4-7,17H,1-3,8-14,18H2. The van der Waals surface area contributed by atoms with E-state index in [0.29, 0.717) is 6.10 Å². The summed E-state index contributed by atoms with van der Waals surface area (Å²) in [6.07, 6.45) is 5.62. The van der Waals surface area contributed by atoms with E-state index in [4.69, 9.17) is 10.5 Å². The van der Waals surface area contributed by atoms with Crippen LogP contribution in [-0.2, 0) is 4.74 Å². The molecule has 1 aromatic rings. The van der Waals surface area contributed by atoms with Crippen LogP contribution in [-0.4, -0.2) is 50.3 Å². The van der Waals surface area contributed by atoms with Crippen molar-refractivity contribution in [2.45, 2.75) is 31.8 Å². The van der Waals surface area contributed by atoms with E-state index < -0.39 is 0 Å². The maximum absolute atomic E-state index is 6.07. The zero-order valence-corrected chi connectivity index (χ0v) is 12.8. The Labute approximate surface area is 127 Å². The second kappa shape index (κ2) is 7.14. The van der Waals surface area contributed by atoms with Crippen LogP contribution in [0.25, 0.3) is 0 Å². The molecule has 0 saturated carbocycles. The Balaban J connectivity index is 1.39. The molecule has 2 aliphatic rings. The lowest BCUT2D eigenvalue weighted by molar-refractivity contribution is 0.0467. The molecule has 4 nitrogen and oxygen atoms in total. The van der Waals surface area contributed by atoms with Gasteiger partial charge in [0.15, 0.2) is 0 Å². The van der Waals surface area contributed by atoms with Crippen LogP contribution in [0.15, 0.2) is 24.3 Å². The Hall–Kier alpha value is -1.26. The number of hydrogen-bond donors (Lipinski definition) is 1. The molecular weight excluding hydrogens is 262 g/mol. The van der Waals surface area contributed by atoms with E-state index in [2.05, 4.69) is 21.9 Å². The van der Waals surface area contributed by atoms with Crippen molar-refractivity contribution < 1.29 is 4.74 Å². The van der Waals surface area contributed by atoms with Crippen molar-refractivity contribution in [1.82, 2.24) is 4.90 Å². The molecule has 0 amide bonds. The van der Waals surface area contributed by atoms with Crippen LogP contribution in [0, 0.1) is 0 Å². The highest BCUT2D eigenvalue weighted by molar-refractivity contribution is 5.53. The van der Waals surface area contributed by atoms with Crippen molar-refractivity contribution in [2.75, 3.05) is 50.0 Å². The molecule has 2 saturated heterocycles. The fourth-order valence-electron chi connectivity index (χ4n) is 3.32. The summed E-state index contributed by atoms with van der Waals surface area (Å²) in [6, 6.07) is 8.15. The number of likely N-dealkylation sites (tertiary alicyclic amines) is 1. The number of anilines is 2. The van der Waals surface area contributed by atoms with Gasteiger partial charge in [0.2, 0.25) is 0 Å². The van der Waals surface area contributed by atoms with Gasteiger partial charge < -0.3 is 20.3 Å². The number of benzene rings is 1. The molecule has 2 fully saturated rings. The van der Waals surface area contributed by atoms with Crippen molar-refractivity contribution in [3.05, 3.63) is 24.3 Å². The first-order valence-electron chi connectivity index (χ1n) is 8.26. The number of nitrogens with zero attached hydrogens (tertiary/aromatic N) is 2. The lowest BCUT2D eigenvalue weighted by Gasteiger charge is -2.26. The monoisotopic (exact) mass is 289 g/mol. The van der Waals surface area contributed by atoms with Crippen molar-refractivity contribution in [3.63, 3.8) is 0 Å². The van der Waals surface area contributed by atoms with Crippen molar-refractivity contribution in [1.29, 1.82) is 0 Å². The Morgan fingerprint density at radius 2 is 1.81 bits per heavy atom. The summed E-state index contributed by atoms with van der Waals surface area (Å²) in [5.41, 5.74) is 7.82. The Morgan fingerprint density at radius 1 is 1.05 bits per heavy atom. The molecule has 2 N–H and O–H groups in total. The molecule has 2 aliphatic heterocycles. The van der Waals surface area contributed by atoms with Gasteiger partial charge >= 0.3 is 0 Å². The maximum atomic E-state index is 6.07. The Morgan fingerprint density at radius 3 is 2.57 bits per heavy atom. The molecule has 2 heterocycles. The molecule has 1 atom stereocenters. The molecule has 0 radical (unpaired) electrons. The summed E-state index contributed by atoms with van der Waals surface area (Å²) in [5.74, 6) is 0. The fraction of sp³-hybridized carbons (Fsp3) is 0.647. The number of nitrogens with two attached hydrogens (primary N) is 1. The van der Waals surface area contributed by atoms with Gasteiger partial charge in [0, 0.05) is 31.0 Å². The molecular formula is C17H27N3O. The maximum Gasteiger partial charge on any atom is 0.0767 e. The van der Waals surface area contributed by atoms with E-state index in [-0.39, 0.29) is 0 Å². The molecule has 116 valence electrons. The minimum atomic E-state index is 0.382. The Bertz CT molecular complexity index is 428. The highest BCUT2D eigenvalue weighted by atomic mass is 16.5. The normalized spacial score (nSPS) is 23.6.